The van der Waals surface area contributed by atoms with Crippen molar-refractivity contribution in [2.45, 2.75) is 24.3 Å². The Bertz CT molecular complexity index is 842. The fourth-order valence-corrected chi connectivity index (χ4v) is 3.03. The van der Waals surface area contributed by atoms with Crippen molar-refractivity contribution < 1.29 is 9.21 Å². The normalized spacial score (nSPS) is 12.1. The predicted molar refractivity (Wildman–Crippen MR) is 93.8 cm³/mol. The molecule has 24 heavy (non-hydrogen) atoms. The summed E-state index contributed by atoms with van der Waals surface area (Å²) in [4.78, 5) is 12.4. The number of nitrogens with one attached hydrogen (secondary N) is 1. The minimum Gasteiger partial charge on any atom is -0.461 e. The van der Waals surface area contributed by atoms with Gasteiger partial charge in [-0.2, -0.15) is 0 Å². The maximum atomic E-state index is 12.4. The number of rotatable bonds is 5. The summed E-state index contributed by atoms with van der Waals surface area (Å²) >= 11 is 1.36. The van der Waals surface area contributed by atoms with Crippen molar-refractivity contribution in [2.24, 2.45) is 7.05 Å². The van der Waals surface area contributed by atoms with Crippen molar-refractivity contribution in [3.63, 3.8) is 0 Å². The molecule has 1 amide bonds. The number of carbonyl (C=O) groups excluding carboxylic acids is 1. The van der Waals surface area contributed by atoms with Gasteiger partial charge in [0.1, 0.15) is 0 Å². The fourth-order valence-electron chi connectivity index (χ4n) is 2.22. The van der Waals surface area contributed by atoms with Crippen LogP contribution < -0.4 is 5.32 Å². The summed E-state index contributed by atoms with van der Waals surface area (Å²) in [6, 6.07) is 11.3. The van der Waals surface area contributed by atoms with Gasteiger partial charge in [0.15, 0.2) is 16.7 Å². The van der Waals surface area contributed by atoms with Gasteiger partial charge in [0, 0.05) is 12.7 Å². The number of aryl methyl sites for hydroxylation is 1. The number of carbonyl (C=O) groups is 1. The van der Waals surface area contributed by atoms with Crippen molar-refractivity contribution in [1.82, 2.24) is 14.8 Å². The Morgan fingerprint density at radius 3 is 2.83 bits per heavy atom. The van der Waals surface area contributed by atoms with Crippen LogP contribution in [-0.2, 0) is 11.8 Å². The molecule has 1 aromatic carbocycles. The molecule has 3 rings (SSSR count). The second-order valence-corrected chi connectivity index (χ2v) is 6.77. The Morgan fingerprint density at radius 1 is 1.29 bits per heavy atom. The maximum absolute atomic E-state index is 12.4. The van der Waals surface area contributed by atoms with Gasteiger partial charge in [0.05, 0.1) is 11.5 Å². The molecule has 2 aromatic heterocycles. The number of nitrogens with zero attached hydrogens (tertiary/aromatic N) is 3. The van der Waals surface area contributed by atoms with Gasteiger partial charge in [0.25, 0.3) is 0 Å². The topological polar surface area (TPSA) is 73.0 Å². The van der Waals surface area contributed by atoms with E-state index in [9.17, 15) is 4.79 Å². The molecule has 3 aromatic rings. The van der Waals surface area contributed by atoms with Crippen LogP contribution in [0, 0.1) is 6.92 Å². The van der Waals surface area contributed by atoms with Crippen LogP contribution in [0.25, 0.3) is 11.6 Å². The van der Waals surface area contributed by atoms with Gasteiger partial charge in [-0.3, -0.25) is 4.79 Å². The molecule has 0 spiro atoms. The first-order valence-electron chi connectivity index (χ1n) is 7.52. The monoisotopic (exact) mass is 342 g/mol. The highest BCUT2D eigenvalue weighted by molar-refractivity contribution is 8.00. The summed E-state index contributed by atoms with van der Waals surface area (Å²) < 4.78 is 7.16. The van der Waals surface area contributed by atoms with Crippen LogP contribution in [0.15, 0.2) is 52.2 Å². The first-order chi connectivity index (χ1) is 11.5. The maximum Gasteiger partial charge on any atom is 0.237 e. The lowest BCUT2D eigenvalue weighted by atomic mass is 10.2. The molecule has 0 unspecified atom stereocenters. The molecule has 7 heteroatoms. The van der Waals surface area contributed by atoms with Gasteiger partial charge < -0.3 is 14.3 Å². The molecule has 2 heterocycles. The highest BCUT2D eigenvalue weighted by Gasteiger charge is 2.20. The van der Waals surface area contributed by atoms with Gasteiger partial charge in [0.2, 0.25) is 5.91 Å². The Balaban J connectivity index is 1.68. The van der Waals surface area contributed by atoms with Crippen LogP contribution in [0.1, 0.15) is 12.5 Å². The standard InChI is InChI=1S/C17H18N4O2S/c1-11-6-4-7-13(10-11)18-16(22)12(2)24-17-20-19-15(21(17)3)14-8-5-9-23-14/h4-10,12H,1-3H3,(H,18,22)/t12-/m0/s1. The Labute approximate surface area is 144 Å². The zero-order valence-corrected chi connectivity index (χ0v) is 14.5. The fraction of sp³-hybridized carbons (Fsp3) is 0.235. The summed E-state index contributed by atoms with van der Waals surface area (Å²) in [5, 5.41) is 11.6. The van der Waals surface area contributed by atoms with Crippen LogP contribution in [0.4, 0.5) is 5.69 Å². The van der Waals surface area contributed by atoms with E-state index in [2.05, 4.69) is 15.5 Å². The quantitative estimate of drug-likeness (QED) is 0.718. The minimum absolute atomic E-state index is 0.0758. The largest absolute Gasteiger partial charge is 0.461 e. The van der Waals surface area contributed by atoms with E-state index in [0.29, 0.717) is 16.7 Å². The van der Waals surface area contributed by atoms with Gasteiger partial charge in [-0.05, 0) is 43.7 Å². The summed E-state index contributed by atoms with van der Waals surface area (Å²) in [5.41, 5.74) is 1.89. The summed E-state index contributed by atoms with van der Waals surface area (Å²) in [6.45, 7) is 3.83. The molecular weight excluding hydrogens is 324 g/mol. The summed E-state index contributed by atoms with van der Waals surface area (Å²) in [5.74, 6) is 1.20. The van der Waals surface area contributed by atoms with E-state index in [0.717, 1.165) is 11.3 Å². The molecule has 0 saturated carbocycles. The first-order valence-corrected chi connectivity index (χ1v) is 8.40. The highest BCUT2D eigenvalue weighted by atomic mass is 32.2. The Kier molecular flexibility index (Phi) is 4.71. The lowest BCUT2D eigenvalue weighted by molar-refractivity contribution is -0.115. The van der Waals surface area contributed by atoms with Gasteiger partial charge >= 0.3 is 0 Å². The summed E-state index contributed by atoms with van der Waals surface area (Å²) in [7, 11) is 1.85. The van der Waals surface area contributed by atoms with E-state index >= 15 is 0 Å². The third kappa shape index (κ3) is 3.51. The zero-order valence-electron chi connectivity index (χ0n) is 13.7. The SMILES string of the molecule is Cc1cccc(NC(=O)[C@H](C)Sc2nnc(-c3ccco3)n2C)c1. The average molecular weight is 342 g/mol. The van der Waals surface area contributed by atoms with Crippen LogP contribution in [0.5, 0.6) is 0 Å². The third-order valence-electron chi connectivity index (χ3n) is 3.51. The molecule has 0 saturated heterocycles. The van der Waals surface area contributed by atoms with Crippen molar-refractivity contribution >= 4 is 23.4 Å². The molecule has 1 N–H and O–H groups in total. The van der Waals surface area contributed by atoms with Gasteiger partial charge in [-0.15, -0.1) is 10.2 Å². The van der Waals surface area contributed by atoms with E-state index in [1.165, 1.54) is 11.8 Å². The number of hydrogen-bond donors (Lipinski definition) is 1. The van der Waals surface area contributed by atoms with E-state index in [1.54, 1.807) is 12.3 Å². The van der Waals surface area contributed by atoms with Crippen LogP contribution in [0.3, 0.4) is 0 Å². The predicted octanol–water partition coefficient (Wildman–Crippen LogP) is 3.50. The molecule has 0 aliphatic heterocycles. The first kappa shape index (κ1) is 16.3. The highest BCUT2D eigenvalue weighted by Crippen LogP contribution is 2.26. The van der Waals surface area contributed by atoms with E-state index < -0.39 is 0 Å². The van der Waals surface area contributed by atoms with Crippen LogP contribution >= 0.6 is 11.8 Å². The third-order valence-corrected chi connectivity index (χ3v) is 4.65. The molecule has 0 aliphatic carbocycles. The number of hydrogen-bond acceptors (Lipinski definition) is 5. The molecule has 0 radical (unpaired) electrons. The van der Waals surface area contributed by atoms with Crippen molar-refractivity contribution in [1.29, 1.82) is 0 Å². The van der Waals surface area contributed by atoms with E-state index in [1.807, 2.05) is 55.8 Å². The van der Waals surface area contributed by atoms with Gasteiger partial charge in [-0.25, -0.2) is 0 Å². The van der Waals surface area contributed by atoms with Crippen LogP contribution in [0.2, 0.25) is 0 Å². The number of furan rings is 1. The number of aromatic nitrogens is 3. The molecule has 6 nitrogen and oxygen atoms in total. The van der Waals surface area contributed by atoms with E-state index in [4.69, 9.17) is 4.42 Å². The van der Waals surface area contributed by atoms with E-state index in [-0.39, 0.29) is 11.2 Å². The molecule has 0 aliphatic rings. The molecule has 0 bridgehead atoms. The summed E-state index contributed by atoms with van der Waals surface area (Å²) in [6.07, 6.45) is 1.59. The number of anilines is 1. The van der Waals surface area contributed by atoms with Crippen LogP contribution in [-0.4, -0.2) is 25.9 Å². The number of thioether (sulfide) groups is 1. The molecular formula is C17H18N4O2S. The molecule has 124 valence electrons. The lowest BCUT2D eigenvalue weighted by Crippen LogP contribution is -2.22. The van der Waals surface area contributed by atoms with Crippen molar-refractivity contribution in [2.75, 3.05) is 5.32 Å². The smallest absolute Gasteiger partial charge is 0.237 e. The van der Waals surface area contributed by atoms with Gasteiger partial charge in [-0.1, -0.05) is 23.9 Å². The average Bonchev–Trinajstić information content (AvgIpc) is 3.18. The molecule has 1 atom stereocenters. The number of benzene rings is 1. The molecule has 0 fully saturated rings. The zero-order chi connectivity index (χ0) is 17.1. The second kappa shape index (κ2) is 6.92. The Morgan fingerprint density at radius 2 is 2.12 bits per heavy atom. The number of amides is 1. The Hall–Kier alpha value is -2.54. The minimum atomic E-state index is -0.308. The second-order valence-electron chi connectivity index (χ2n) is 5.46. The lowest BCUT2D eigenvalue weighted by Gasteiger charge is -2.12. The van der Waals surface area contributed by atoms with Crippen molar-refractivity contribution in [3.05, 3.63) is 48.2 Å². The van der Waals surface area contributed by atoms with Crippen molar-refractivity contribution in [3.8, 4) is 11.6 Å².